The van der Waals surface area contributed by atoms with E-state index >= 15 is 0 Å². The topological polar surface area (TPSA) is 40.7 Å². The first-order valence-corrected chi connectivity index (χ1v) is 6.98. The summed E-state index contributed by atoms with van der Waals surface area (Å²) in [4.78, 5) is 7.21. The predicted molar refractivity (Wildman–Crippen MR) is 70.9 cm³/mol. The molecule has 1 saturated carbocycles. The van der Waals surface area contributed by atoms with Crippen molar-refractivity contribution in [2.75, 3.05) is 6.54 Å². The highest BCUT2D eigenvalue weighted by atomic mass is 14.9. The fraction of sp³-hybridized carbons (Fsp3) is 0.786. The Morgan fingerprint density at radius 1 is 1.41 bits per heavy atom. The summed E-state index contributed by atoms with van der Waals surface area (Å²) >= 11 is 0. The summed E-state index contributed by atoms with van der Waals surface area (Å²) in [6.07, 6.45) is 10.3. The molecule has 1 aliphatic rings. The van der Waals surface area contributed by atoms with Crippen LogP contribution in [0.5, 0.6) is 0 Å². The van der Waals surface area contributed by atoms with Crippen LogP contribution in [0, 0.1) is 11.8 Å². The van der Waals surface area contributed by atoms with E-state index in [9.17, 15) is 0 Å². The summed E-state index contributed by atoms with van der Waals surface area (Å²) in [5, 5.41) is 3.74. The van der Waals surface area contributed by atoms with E-state index < -0.39 is 0 Å². The maximum absolute atomic E-state index is 4.05. The summed E-state index contributed by atoms with van der Waals surface area (Å²) in [6.45, 7) is 5.79. The van der Waals surface area contributed by atoms with Gasteiger partial charge in [-0.1, -0.05) is 26.7 Å². The van der Waals surface area contributed by atoms with Crippen molar-refractivity contribution >= 4 is 0 Å². The van der Waals surface area contributed by atoms with Crippen LogP contribution in [0.15, 0.2) is 12.5 Å². The van der Waals surface area contributed by atoms with Crippen molar-refractivity contribution in [3.8, 4) is 0 Å². The maximum Gasteiger partial charge on any atom is 0.0921 e. The number of H-pyrrole nitrogens is 1. The van der Waals surface area contributed by atoms with E-state index in [-0.39, 0.29) is 0 Å². The lowest BCUT2D eigenvalue weighted by Crippen LogP contribution is -2.41. The van der Waals surface area contributed by atoms with Crippen molar-refractivity contribution in [2.24, 2.45) is 11.8 Å². The second-order valence-corrected chi connectivity index (χ2v) is 5.58. The van der Waals surface area contributed by atoms with E-state index in [2.05, 4.69) is 29.1 Å². The van der Waals surface area contributed by atoms with Gasteiger partial charge in [0.05, 0.1) is 6.33 Å². The highest BCUT2D eigenvalue weighted by Gasteiger charge is 2.26. The molecule has 1 heterocycles. The Bertz CT molecular complexity index is 305. The standard InChI is InChI=1S/C14H25N3/c1-11(2)13-5-3-4-6-14(13)16-8-7-12-9-15-10-17-12/h9-11,13-14,16H,3-8H2,1-2H3,(H,15,17). The molecule has 2 unspecified atom stereocenters. The molecule has 0 spiro atoms. The van der Waals surface area contributed by atoms with Gasteiger partial charge in [-0.3, -0.25) is 0 Å². The second-order valence-electron chi connectivity index (χ2n) is 5.58. The Balaban J connectivity index is 1.76. The zero-order chi connectivity index (χ0) is 12.1. The van der Waals surface area contributed by atoms with Gasteiger partial charge >= 0.3 is 0 Å². The summed E-state index contributed by atoms with van der Waals surface area (Å²) in [7, 11) is 0. The van der Waals surface area contributed by atoms with Gasteiger partial charge in [0, 0.05) is 30.9 Å². The highest BCUT2D eigenvalue weighted by molar-refractivity contribution is 4.95. The van der Waals surface area contributed by atoms with Crippen LogP contribution in [0.4, 0.5) is 0 Å². The summed E-state index contributed by atoms with van der Waals surface area (Å²) in [6, 6.07) is 0.728. The van der Waals surface area contributed by atoms with Crippen molar-refractivity contribution in [3.05, 3.63) is 18.2 Å². The number of rotatable bonds is 5. The summed E-state index contributed by atoms with van der Waals surface area (Å²) in [5.74, 6) is 1.67. The fourth-order valence-corrected chi connectivity index (χ4v) is 3.02. The van der Waals surface area contributed by atoms with Crippen LogP contribution in [0.3, 0.4) is 0 Å². The molecular weight excluding hydrogens is 210 g/mol. The smallest absolute Gasteiger partial charge is 0.0921 e. The van der Waals surface area contributed by atoms with Crippen LogP contribution in [-0.4, -0.2) is 22.6 Å². The first kappa shape index (κ1) is 12.6. The number of aromatic amines is 1. The number of hydrogen-bond donors (Lipinski definition) is 2. The largest absolute Gasteiger partial charge is 0.348 e. The van der Waals surface area contributed by atoms with Gasteiger partial charge in [-0.25, -0.2) is 4.98 Å². The van der Waals surface area contributed by atoms with Gasteiger partial charge in [-0.15, -0.1) is 0 Å². The molecular formula is C14H25N3. The molecule has 2 atom stereocenters. The predicted octanol–water partition coefficient (Wildman–Crippen LogP) is 2.76. The van der Waals surface area contributed by atoms with Crippen molar-refractivity contribution in [1.82, 2.24) is 15.3 Å². The van der Waals surface area contributed by atoms with E-state index in [4.69, 9.17) is 0 Å². The molecule has 0 aliphatic heterocycles. The Morgan fingerprint density at radius 3 is 2.94 bits per heavy atom. The van der Waals surface area contributed by atoms with Crippen LogP contribution in [0.2, 0.25) is 0 Å². The van der Waals surface area contributed by atoms with Gasteiger partial charge in [-0.2, -0.15) is 0 Å². The number of nitrogens with one attached hydrogen (secondary N) is 2. The van der Waals surface area contributed by atoms with Crippen molar-refractivity contribution < 1.29 is 0 Å². The molecule has 1 aromatic rings. The van der Waals surface area contributed by atoms with E-state index in [1.54, 1.807) is 6.33 Å². The molecule has 0 bridgehead atoms. The third kappa shape index (κ3) is 3.56. The first-order valence-electron chi connectivity index (χ1n) is 6.98. The molecule has 1 fully saturated rings. The molecule has 1 aliphatic carbocycles. The van der Waals surface area contributed by atoms with E-state index in [0.717, 1.165) is 30.8 Å². The Kier molecular flexibility index (Phi) is 4.60. The molecule has 2 rings (SSSR count). The minimum Gasteiger partial charge on any atom is -0.348 e. The average molecular weight is 235 g/mol. The minimum absolute atomic E-state index is 0.728. The summed E-state index contributed by atoms with van der Waals surface area (Å²) < 4.78 is 0. The highest BCUT2D eigenvalue weighted by Crippen LogP contribution is 2.30. The molecule has 0 amide bonds. The van der Waals surface area contributed by atoms with Gasteiger partial charge in [-0.05, 0) is 24.7 Å². The van der Waals surface area contributed by atoms with Crippen LogP contribution in [0.1, 0.15) is 45.2 Å². The molecule has 96 valence electrons. The molecule has 0 saturated heterocycles. The van der Waals surface area contributed by atoms with E-state index in [1.807, 2.05) is 6.20 Å². The zero-order valence-electron chi connectivity index (χ0n) is 11.1. The third-order valence-electron chi connectivity index (χ3n) is 4.03. The van der Waals surface area contributed by atoms with Gasteiger partial charge < -0.3 is 10.3 Å². The summed E-state index contributed by atoms with van der Waals surface area (Å²) in [5.41, 5.74) is 1.23. The maximum atomic E-state index is 4.05. The zero-order valence-corrected chi connectivity index (χ0v) is 11.1. The SMILES string of the molecule is CC(C)C1CCCCC1NCCc1cnc[nH]1. The van der Waals surface area contributed by atoms with Gasteiger partial charge in [0.15, 0.2) is 0 Å². The molecule has 1 aromatic heterocycles. The Morgan fingerprint density at radius 2 is 2.24 bits per heavy atom. The Labute approximate surface area is 104 Å². The van der Waals surface area contributed by atoms with Crippen LogP contribution in [-0.2, 0) is 6.42 Å². The molecule has 3 heteroatoms. The van der Waals surface area contributed by atoms with Crippen molar-refractivity contribution in [3.63, 3.8) is 0 Å². The molecule has 3 nitrogen and oxygen atoms in total. The first-order chi connectivity index (χ1) is 8.27. The number of nitrogens with zero attached hydrogens (tertiary/aromatic N) is 1. The molecule has 0 radical (unpaired) electrons. The molecule has 17 heavy (non-hydrogen) atoms. The number of hydrogen-bond acceptors (Lipinski definition) is 2. The molecule has 0 aromatic carbocycles. The molecule has 2 N–H and O–H groups in total. The normalized spacial score (nSPS) is 25.4. The van der Waals surface area contributed by atoms with Gasteiger partial charge in [0.1, 0.15) is 0 Å². The van der Waals surface area contributed by atoms with Gasteiger partial charge in [0.25, 0.3) is 0 Å². The minimum atomic E-state index is 0.728. The lowest BCUT2D eigenvalue weighted by atomic mass is 9.78. The lowest BCUT2D eigenvalue weighted by molar-refractivity contribution is 0.206. The van der Waals surface area contributed by atoms with Crippen molar-refractivity contribution in [1.29, 1.82) is 0 Å². The Hall–Kier alpha value is -0.830. The van der Waals surface area contributed by atoms with Crippen molar-refractivity contribution in [2.45, 2.75) is 52.0 Å². The fourth-order valence-electron chi connectivity index (χ4n) is 3.02. The quantitative estimate of drug-likeness (QED) is 0.824. The van der Waals surface area contributed by atoms with Crippen LogP contribution >= 0.6 is 0 Å². The van der Waals surface area contributed by atoms with Crippen LogP contribution in [0.25, 0.3) is 0 Å². The average Bonchev–Trinajstić information content (AvgIpc) is 2.82. The number of imidazole rings is 1. The van der Waals surface area contributed by atoms with Gasteiger partial charge in [0.2, 0.25) is 0 Å². The van der Waals surface area contributed by atoms with E-state index in [0.29, 0.717) is 0 Å². The van der Waals surface area contributed by atoms with Crippen LogP contribution < -0.4 is 5.32 Å². The van der Waals surface area contributed by atoms with E-state index in [1.165, 1.54) is 31.4 Å². The second kappa shape index (κ2) is 6.20. The monoisotopic (exact) mass is 235 g/mol. The third-order valence-corrected chi connectivity index (χ3v) is 4.03. The number of aromatic nitrogens is 2. The lowest BCUT2D eigenvalue weighted by Gasteiger charge is -2.35.